The van der Waals surface area contributed by atoms with Gasteiger partial charge in [0.2, 0.25) is 0 Å². The van der Waals surface area contributed by atoms with E-state index in [1.807, 2.05) is 35.2 Å². The molecular weight excluding hydrogens is 254 g/mol. The number of fused-ring (bicyclic) bond motifs is 1. The van der Waals surface area contributed by atoms with E-state index in [1.54, 1.807) is 6.20 Å². The average Bonchev–Trinajstić information content (AvgIpc) is 2.53. The lowest BCUT2D eigenvalue weighted by Crippen LogP contribution is -2.48. The van der Waals surface area contributed by atoms with Crippen LogP contribution in [0.4, 0.5) is 0 Å². The molecule has 5 heteroatoms. The molecule has 5 nitrogen and oxygen atoms in total. The van der Waals surface area contributed by atoms with E-state index < -0.39 is 0 Å². The van der Waals surface area contributed by atoms with Crippen LogP contribution in [0.25, 0.3) is 10.9 Å². The maximum Gasteiger partial charge on any atom is 0.254 e. The lowest BCUT2D eigenvalue weighted by atomic mass is 10.1. The molecule has 104 valence electrons. The third-order valence-electron chi connectivity index (χ3n) is 3.56. The molecule has 2 heterocycles. The Kier molecular flexibility index (Phi) is 3.62. The average molecular weight is 271 g/mol. The fraction of sp³-hybridized carbons (Fsp3) is 0.333. The number of carbonyl (C=O) groups excluding carboxylic acids is 1. The fourth-order valence-electron chi connectivity index (χ4n) is 2.51. The van der Waals surface area contributed by atoms with Gasteiger partial charge in [0.25, 0.3) is 5.91 Å². The van der Waals surface area contributed by atoms with Gasteiger partial charge in [-0.3, -0.25) is 9.78 Å². The van der Waals surface area contributed by atoms with Crippen LogP contribution in [0.1, 0.15) is 10.4 Å². The SMILES string of the molecule is NC[C@H]1CN(C(=O)c2cccc3ncccc23)CCO1. The summed E-state index contributed by atoms with van der Waals surface area (Å²) >= 11 is 0. The number of pyridine rings is 1. The molecule has 0 bridgehead atoms. The van der Waals surface area contributed by atoms with Gasteiger partial charge < -0.3 is 15.4 Å². The van der Waals surface area contributed by atoms with Gasteiger partial charge in [-0.1, -0.05) is 12.1 Å². The second-order valence-electron chi connectivity index (χ2n) is 4.86. The minimum absolute atomic E-state index is 0.0188. The van der Waals surface area contributed by atoms with Crippen LogP contribution in [0, 0.1) is 0 Å². The first-order valence-electron chi connectivity index (χ1n) is 6.74. The van der Waals surface area contributed by atoms with Crippen molar-refractivity contribution >= 4 is 16.8 Å². The van der Waals surface area contributed by atoms with Crippen molar-refractivity contribution in [1.82, 2.24) is 9.88 Å². The van der Waals surface area contributed by atoms with Crippen LogP contribution in [0.5, 0.6) is 0 Å². The molecule has 1 saturated heterocycles. The van der Waals surface area contributed by atoms with Gasteiger partial charge in [-0.2, -0.15) is 0 Å². The first kappa shape index (κ1) is 13.0. The van der Waals surface area contributed by atoms with Crippen molar-refractivity contribution in [3.05, 3.63) is 42.1 Å². The Morgan fingerprint density at radius 1 is 1.40 bits per heavy atom. The Morgan fingerprint density at radius 3 is 3.15 bits per heavy atom. The highest BCUT2D eigenvalue weighted by atomic mass is 16.5. The Labute approximate surface area is 117 Å². The van der Waals surface area contributed by atoms with E-state index in [-0.39, 0.29) is 12.0 Å². The normalized spacial score (nSPS) is 19.2. The number of amides is 1. The maximum atomic E-state index is 12.7. The summed E-state index contributed by atoms with van der Waals surface area (Å²) in [5.41, 5.74) is 7.15. The summed E-state index contributed by atoms with van der Waals surface area (Å²) in [6.45, 7) is 2.12. The van der Waals surface area contributed by atoms with E-state index in [4.69, 9.17) is 10.5 Å². The molecule has 0 radical (unpaired) electrons. The number of ether oxygens (including phenoxy) is 1. The first-order chi connectivity index (χ1) is 9.79. The van der Waals surface area contributed by atoms with E-state index in [0.717, 1.165) is 10.9 Å². The number of nitrogens with two attached hydrogens (primary N) is 1. The number of nitrogens with zero attached hydrogens (tertiary/aromatic N) is 2. The number of hydrogen-bond donors (Lipinski definition) is 1. The van der Waals surface area contributed by atoms with Crippen molar-refractivity contribution in [1.29, 1.82) is 0 Å². The summed E-state index contributed by atoms with van der Waals surface area (Å²) < 4.78 is 5.50. The smallest absolute Gasteiger partial charge is 0.254 e. The standard InChI is InChI=1S/C15H17N3O2/c16-9-11-10-18(7-8-20-11)15(19)13-3-1-5-14-12(13)4-2-6-17-14/h1-6,11H,7-10,16H2/t11-/m0/s1. The van der Waals surface area contributed by atoms with Gasteiger partial charge >= 0.3 is 0 Å². The zero-order valence-electron chi connectivity index (χ0n) is 11.2. The first-order valence-corrected chi connectivity index (χ1v) is 6.74. The highest BCUT2D eigenvalue weighted by Gasteiger charge is 2.25. The predicted octanol–water partition coefficient (Wildman–Crippen LogP) is 1.03. The molecule has 1 amide bonds. The van der Waals surface area contributed by atoms with Crippen molar-refractivity contribution < 1.29 is 9.53 Å². The van der Waals surface area contributed by atoms with E-state index in [9.17, 15) is 4.79 Å². The Morgan fingerprint density at radius 2 is 2.30 bits per heavy atom. The molecular formula is C15H17N3O2. The van der Waals surface area contributed by atoms with E-state index >= 15 is 0 Å². The largest absolute Gasteiger partial charge is 0.373 e. The van der Waals surface area contributed by atoms with Crippen molar-refractivity contribution in [2.75, 3.05) is 26.2 Å². The van der Waals surface area contributed by atoms with Crippen molar-refractivity contribution in [2.24, 2.45) is 5.73 Å². The lowest BCUT2D eigenvalue weighted by molar-refractivity contribution is -0.0166. The summed E-state index contributed by atoms with van der Waals surface area (Å²) in [5.74, 6) is 0.0188. The van der Waals surface area contributed by atoms with Crippen LogP contribution < -0.4 is 5.73 Å². The summed E-state index contributed by atoms with van der Waals surface area (Å²) in [6.07, 6.45) is 1.66. The Hall–Kier alpha value is -1.98. The monoisotopic (exact) mass is 271 g/mol. The van der Waals surface area contributed by atoms with Crippen molar-refractivity contribution in [2.45, 2.75) is 6.10 Å². The number of carbonyl (C=O) groups is 1. The van der Waals surface area contributed by atoms with Crippen LogP contribution in [-0.2, 0) is 4.74 Å². The minimum Gasteiger partial charge on any atom is -0.373 e. The molecule has 1 aromatic carbocycles. The molecule has 0 spiro atoms. The van der Waals surface area contributed by atoms with Gasteiger partial charge in [-0.25, -0.2) is 0 Å². The highest BCUT2D eigenvalue weighted by molar-refractivity contribution is 6.06. The predicted molar refractivity (Wildman–Crippen MR) is 76.4 cm³/mol. The third kappa shape index (κ3) is 2.37. The lowest BCUT2D eigenvalue weighted by Gasteiger charge is -2.32. The van der Waals surface area contributed by atoms with Crippen LogP contribution >= 0.6 is 0 Å². The summed E-state index contributed by atoms with van der Waals surface area (Å²) in [5, 5.41) is 0.885. The summed E-state index contributed by atoms with van der Waals surface area (Å²) in [7, 11) is 0. The van der Waals surface area contributed by atoms with Gasteiger partial charge in [-0.15, -0.1) is 0 Å². The van der Waals surface area contributed by atoms with E-state index in [0.29, 0.717) is 31.8 Å². The molecule has 1 aromatic heterocycles. The van der Waals surface area contributed by atoms with E-state index in [1.165, 1.54) is 0 Å². The van der Waals surface area contributed by atoms with Crippen LogP contribution in [-0.4, -0.2) is 48.1 Å². The zero-order valence-corrected chi connectivity index (χ0v) is 11.2. The number of morpholine rings is 1. The molecule has 0 aliphatic carbocycles. The van der Waals surface area contributed by atoms with Crippen LogP contribution in [0.3, 0.4) is 0 Å². The second kappa shape index (κ2) is 5.56. The molecule has 3 rings (SSSR count). The van der Waals surface area contributed by atoms with Gasteiger partial charge in [0.05, 0.1) is 18.2 Å². The van der Waals surface area contributed by atoms with Crippen LogP contribution in [0.2, 0.25) is 0 Å². The molecule has 1 aliphatic heterocycles. The molecule has 0 unspecified atom stereocenters. The Balaban J connectivity index is 1.92. The molecule has 1 atom stereocenters. The minimum atomic E-state index is -0.0687. The number of rotatable bonds is 2. The van der Waals surface area contributed by atoms with Crippen molar-refractivity contribution in [3.8, 4) is 0 Å². The van der Waals surface area contributed by atoms with Gasteiger partial charge in [-0.05, 0) is 18.2 Å². The molecule has 0 saturated carbocycles. The second-order valence-corrected chi connectivity index (χ2v) is 4.86. The van der Waals surface area contributed by atoms with Crippen molar-refractivity contribution in [3.63, 3.8) is 0 Å². The number of hydrogen-bond acceptors (Lipinski definition) is 4. The fourth-order valence-corrected chi connectivity index (χ4v) is 2.51. The van der Waals surface area contributed by atoms with E-state index in [2.05, 4.69) is 4.98 Å². The Bertz CT molecular complexity index is 624. The summed E-state index contributed by atoms with van der Waals surface area (Å²) in [4.78, 5) is 18.8. The quantitative estimate of drug-likeness (QED) is 0.886. The summed E-state index contributed by atoms with van der Waals surface area (Å²) in [6, 6.07) is 9.40. The molecule has 2 aromatic rings. The molecule has 20 heavy (non-hydrogen) atoms. The number of aromatic nitrogens is 1. The van der Waals surface area contributed by atoms with Crippen LogP contribution in [0.15, 0.2) is 36.5 Å². The topological polar surface area (TPSA) is 68.5 Å². The van der Waals surface area contributed by atoms with Gasteiger partial charge in [0, 0.05) is 36.8 Å². The molecule has 1 aliphatic rings. The highest BCUT2D eigenvalue weighted by Crippen LogP contribution is 2.19. The number of benzene rings is 1. The molecule has 1 fully saturated rings. The van der Waals surface area contributed by atoms with Gasteiger partial charge in [0.1, 0.15) is 0 Å². The van der Waals surface area contributed by atoms with Gasteiger partial charge in [0.15, 0.2) is 0 Å². The maximum absolute atomic E-state index is 12.7. The third-order valence-corrected chi connectivity index (χ3v) is 3.56. The zero-order chi connectivity index (χ0) is 13.9. The molecule has 2 N–H and O–H groups in total.